The van der Waals surface area contributed by atoms with Crippen LogP contribution in [0.4, 0.5) is 0 Å². The first-order valence-corrected chi connectivity index (χ1v) is 9.43. The van der Waals surface area contributed by atoms with Crippen molar-refractivity contribution < 1.29 is 4.79 Å². The lowest BCUT2D eigenvalue weighted by atomic mass is 10.1. The molecule has 4 heterocycles. The molecule has 0 radical (unpaired) electrons. The lowest BCUT2D eigenvalue weighted by molar-refractivity contribution is 0.0958. The van der Waals surface area contributed by atoms with Crippen molar-refractivity contribution in [2.75, 3.05) is 7.05 Å². The highest BCUT2D eigenvalue weighted by molar-refractivity contribution is 5.92. The molecule has 1 N–H and O–H groups in total. The maximum atomic E-state index is 11.7. The molecule has 0 aliphatic heterocycles. The van der Waals surface area contributed by atoms with E-state index in [9.17, 15) is 4.79 Å². The number of carbonyl (C=O) groups is 1. The molecule has 4 aromatic heterocycles. The van der Waals surface area contributed by atoms with Crippen LogP contribution in [0.1, 0.15) is 21.7 Å². The van der Waals surface area contributed by atoms with Crippen molar-refractivity contribution in [1.82, 2.24) is 34.9 Å². The van der Waals surface area contributed by atoms with Gasteiger partial charge < -0.3 is 5.32 Å². The molecule has 146 valence electrons. The second kappa shape index (κ2) is 7.32. The van der Waals surface area contributed by atoms with Crippen LogP contribution in [0.15, 0.2) is 67.3 Å². The van der Waals surface area contributed by atoms with E-state index in [2.05, 4.69) is 37.4 Å². The Morgan fingerprint density at radius 3 is 2.73 bits per heavy atom. The molecule has 0 unspecified atom stereocenters. The number of nitrogens with one attached hydrogen (secondary N) is 1. The number of carbonyl (C=O) groups excluding carboxylic acids is 1. The molecule has 0 saturated carbocycles. The zero-order valence-electron chi connectivity index (χ0n) is 16.1. The minimum atomic E-state index is -0.231. The summed E-state index contributed by atoms with van der Waals surface area (Å²) >= 11 is 0. The fourth-order valence-electron chi connectivity index (χ4n) is 3.32. The average Bonchev–Trinajstić information content (AvgIpc) is 3.20. The molecule has 0 saturated heterocycles. The van der Waals surface area contributed by atoms with Crippen molar-refractivity contribution in [2.45, 2.75) is 6.42 Å². The van der Waals surface area contributed by atoms with Gasteiger partial charge in [-0.05, 0) is 35.9 Å². The molecule has 0 bridgehead atoms. The topological polar surface area (TPSA) is 98.0 Å². The van der Waals surface area contributed by atoms with Gasteiger partial charge in [-0.3, -0.25) is 14.8 Å². The molecule has 8 nitrogen and oxygen atoms in total. The standard InChI is InChI=1S/C22H17N7O/c1-23-21(30)19-7-5-16(11-25-19)20-13-27-22-26-12-17(29(22)28-20)10-14-4-6-18-15(9-14)3-2-8-24-18/h2-9,11-13H,10H2,1H3,(H,23,30). The van der Waals surface area contributed by atoms with Crippen LogP contribution in [-0.2, 0) is 6.42 Å². The smallest absolute Gasteiger partial charge is 0.269 e. The van der Waals surface area contributed by atoms with Crippen molar-refractivity contribution >= 4 is 22.6 Å². The van der Waals surface area contributed by atoms with Gasteiger partial charge in [0.15, 0.2) is 0 Å². The van der Waals surface area contributed by atoms with Crippen molar-refractivity contribution in [2.24, 2.45) is 0 Å². The molecule has 8 heteroatoms. The van der Waals surface area contributed by atoms with Crippen molar-refractivity contribution in [3.8, 4) is 11.3 Å². The van der Waals surface area contributed by atoms with E-state index >= 15 is 0 Å². The van der Waals surface area contributed by atoms with Crippen molar-refractivity contribution in [1.29, 1.82) is 0 Å². The second-order valence-electron chi connectivity index (χ2n) is 6.82. The van der Waals surface area contributed by atoms with Crippen LogP contribution in [-0.4, -0.2) is 42.5 Å². The van der Waals surface area contributed by atoms with E-state index in [1.807, 2.05) is 18.2 Å². The van der Waals surface area contributed by atoms with Crippen LogP contribution in [0.3, 0.4) is 0 Å². The molecule has 5 aromatic rings. The molecule has 0 aliphatic carbocycles. The average molecular weight is 395 g/mol. The van der Waals surface area contributed by atoms with E-state index in [1.165, 1.54) is 0 Å². The van der Waals surface area contributed by atoms with Gasteiger partial charge in [0.1, 0.15) is 11.4 Å². The summed E-state index contributed by atoms with van der Waals surface area (Å²) in [7, 11) is 1.57. The van der Waals surface area contributed by atoms with E-state index in [0.29, 0.717) is 23.6 Å². The summed E-state index contributed by atoms with van der Waals surface area (Å²) < 4.78 is 1.75. The van der Waals surface area contributed by atoms with Gasteiger partial charge in [-0.1, -0.05) is 12.1 Å². The van der Waals surface area contributed by atoms with Gasteiger partial charge in [0.2, 0.25) is 0 Å². The van der Waals surface area contributed by atoms with Crippen LogP contribution >= 0.6 is 0 Å². The highest BCUT2D eigenvalue weighted by Crippen LogP contribution is 2.19. The maximum absolute atomic E-state index is 11.7. The lowest BCUT2D eigenvalue weighted by Crippen LogP contribution is -2.18. The largest absolute Gasteiger partial charge is 0.354 e. The van der Waals surface area contributed by atoms with Gasteiger partial charge in [-0.2, -0.15) is 5.10 Å². The fraction of sp³-hybridized carbons (Fsp3) is 0.0909. The summed E-state index contributed by atoms with van der Waals surface area (Å²) in [4.78, 5) is 29.0. The molecule has 1 aromatic carbocycles. The summed E-state index contributed by atoms with van der Waals surface area (Å²) in [6.07, 6.45) is 7.52. The number of nitrogens with zero attached hydrogens (tertiary/aromatic N) is 6. The van der Waals surface area contributed by atoms with E-state index in [4.69, 9.17) is 5.10 Å². The molecule has 0 aliphatic rings. The Balaban J connectivity index is 1.48. The monoisotopic (exact) mass is 395 g/mol. The first kappa shape index (κ1) is 17.9. The van der Waals surface area contributed by atoms with Gasteiger partial charge in [0, 0.05) is 36.8 Å². The van der Waals surface area contributed by atoms with Gasteiger partial charge in [-0.15, -0.1) is 0 Å². The summed E-state index contributed by atoms with van der Waals surface area (Å²) in [5, 5.41) is 8.35. The predicted octanol–water partition coefficient (Wildman–Crippen LogP) is 2.68. The van der Waals surface area contributed by atoms with Crippen LogP contribution in [0, 0.1) is 0 Å². The molecule has 1 amide bonds. The van der Waals surface area contributed by atoms with Crippen molar-refractivity contribution in [3.05, 3.63) is 84.2 Å². The number of benzene rings is 1. The highest BCUT2D eigenvalue weighted by atomic mass is 16.1. The number of aromatic nitrogens is 6. The maximum Gasteiger partial charge on any atom is 0.269 e. The number of imidazole rings is 1. The fourth-order valence-corrected chi connectivity index (χ4v) is 3.32. The number of fused-ring (bicyclic) bond motifs is 2. The molecule has 0 fully saturated rings. The van der Waals surface area contributed by atoms with E-state index < -0.39 is 0 Å². The Morgan fingerprint density at radius 2 is 1.90 bits per heavy atom. The first-order chi connectivity index (χ1) is 14.7. The third-order valence-corrected chi connectivity index (χ3v) is 4.87. The minimum Gasteiger partial charge on any atom is -0.354 e. The number of hydrogen-bond acceptors (Lipinski definition) is 6. The normalized spacial score (nSPS) is 11.1. The van der Waals surface area contributed by atoms with Gasteiger partial charge in [0.05, 0.1) is 23.6 Å². The van der Waals surface area contributed by atoms with Crippen LogP contribution in [0.5, 0.6) is 0 Å². The summed E-state index contributed by atoms with van der Waals surface area (Å²) in [6, 6.07) is 13.7. The molecular formula is C22H17N7O. The van der Waals surface area contributed by atoms with Crippen LogP contribution in [0.2, 0.25) is 0 Å². The highest BCUT2D eigenvalue weighted by Gasteiger charge is 2.11. The molecule has 0 spiro atoms. The van der Waals surface area contributed by atoms with Crippen molar-refractivity contribution in [3.63, 3.8) is 0 Å². The van der Waals surface area contributed by atoms with Crippen LogP contribution in [0.25, 0.3) is 27.9 Å². The summed E-state index contributed by atoms with van der Waals surface area (Å²) in [5.41, 5.74) is 4.81. The Kier molecular flexibility index (Phi) is 4.36. The Morgan fingerprint density at radius 1 is 1.00 bits per heavy atom. The first-order valence-electron chi connectivity index (χ1n) is 9.43. The summed E-state index contributed by atoms with van der Waals surface area (Å²) in [5.74, 6) is 0.303. The SMILES string of the molecule is CNC(=O)c1ccc(-c2cnc3ncc(Cc4ccc5ncccc5c4)n3n2)cn1. The van der Waals surface area contributed by atoms with Crippen LogP contribution < -0.4 is 5.32 Å². The number of rotatable bonds is 4. The second-order valence-corrected chi connectivity index (χ2v) is 6.82. The third kappa shape index (κ3) is 3.24. The third-order valence-electron chi connectivity index (χ3n) is 4.87. The molecular weight excluding hydrogens is 378 g/mol. The van der Waals surface area contributed by atoms with E-state index in [-0.39, 0.29) is 5.91 Å². The number of amides is 1. The number of pyridine rings is 2. The Hall–Kier alpha value is -4.20. The summed E-state index contributed by atoms with van der Waals surface area (Å²) in [6.45, 7) is 0. The predicted molar refractivity (Wildman–Crippen MR) is 112 cm³/mol. The Bertz CT molecular complexity index is 1380. The number of hydrogen-bond donors (Lipinski definition) is 1. The van der Waals surface area contributed by atoms with E-state index in [1.54, 1.807) is 48.5 Å². The molecule has 30 heavy (non-hydrogen) atoms. The van der Waals surface area contributed by atoms with E-state index in [0.717, 1.165) is 27.7 Å². The van der Waals surface area contributed by atoms with Gasteiger partial charge in [0.25, 0.3) is 11.7 Å². The lowest BCUT2D eigenvalue weighted by Gasteiger charge is -2.06. The zero-order chi connectivity index (χ0) is 20.5. The quantitative estimate of drug-likeness (QED) is 0.502. The Labute approximate surface area is 171 Å². The molecule has 0 atom stereocenters. The minimum absolute atomic E-state index is 0.231. The zero-order valence-corrected chi connectivity index (χ0v) is 16.1. The van der Waals surface area contributed by atoms with Gasteiger partial charge >= 0.3 is 0 Å². The van der Waals surface area contributed by atoms with Gasteiger partial charge in [-0.25, -0.2) is 14.5 Å². The molecule has 5 rings (SSSR count).